The second-order valence-electron chi connectivity index (χ2n) is 14.8. The first-order chi connectivity index (χ1) is 29.3. The van der Waals surface area contributed by atoms with Crippen molar-refractivity contribution < 1.29 is 22.0 Å². The van der Waals surface area contributed by atoms with Crippen molar-refractivity contribution in [2.45, 2.75) is 0 Å². The molecule has 0 radical (unpaired) electrons. The Morgan fingerprint density at radius 2 is 0.550 bits per heavy atom. The first-order valence-corrected chi connectivity index (χ1v) is 19.4. The number of hydrogen-bond donors (Lipinski definition) is 0. The van der Waals surface area contributed by atoms with Gasteiger partial charge >= 0.3 is 0 Å². The van der Waals surface area contributed by atoms with Crippen molar-refractivity contribution in [1.82, 2.24) is 4.57 Å². The molecule has 0 saturated carbocycles. The Bertz CT molecular complexity index is 2970. The van der Waals surface area contributed by atoms with Crippen LogP contribution in [0.2, 0.25) is 0 Å². The second-order valence-corrected chi connectivity index (χ2v) is 14.8. The summed E-state index contributed by atoms with van der Waals surface area (Å²) < 4.78 is 78.9. The molecular formula is C54H32F5N. The molecule has 1 aromatic heterocycles. The highest BCUT2D eigenvalue weighted by Crippen LogP contribution is 2.41. The molecule has 1 nitrogen and oxygen atoms in total. The van der Waals surface area contributed by atoms with Crippen LogP contribution in [0, 0.1) is 29.1 Å². The quantitative estimate of drug-likeness (QED) is 0.142. The van der Waals surface area contributed by atoms with E-state index in [1.54, 1.807) is 103 Å². The summed E-state index contributed by atoms with van der Waals surface area (Å²) >= 11 is 0. The summed E-state index contributed by atoms with van der Waals surface area (Å²) in [4.78, 5) is 0. The molecule has 0 aliphatic heterocycles. The van der Waals surface area contributed by atoms with Crippen molar-refractivity contribution in [3.8, 4) is 72.4 Å². The maximum Gasteiger partial charge on any atom is 0.147 e. The largest absolute Gasteiger partial charge is 0.306 e. The van der Waals surface area contributed by atoms with Gasteiger partial charge in [0.05, 0.1) is 16.7 Å². The lowest BCUT2D eigenvalue weighted by Gasteiger charge is -2.13. The van der Waals surface area contributed by atoms with Crippen molar-refractivity contribution in [3.05, 3.63) is 223 Å². The van der Waals surface area contributed by atoms with Crippen molar-refractivity contribution in [2.24, 2.45) is 0 Å². The molecule has 0 fully saturated rings. The van der Waals surface area contributed by atoms with Crippen LogP contribution in [0.15, 0.2) is 194 Å². The molecule has 60 heavy (non-hydrogen) atoms. The fourth-order valence-corrected chi connectivity index (χ4v) is 8.27. The molecule has 0 aliphatic carbocycles. The molecule has 0 amide bonds. The fourth-order valence-electron chi connectivity index (χ4n) is 8.27. The molecule has 10 rings (SSSR count). The number of hydrogen-bond acceptors (Lipinski definition) is 0. The van der Waals surface area contributed by atoms with E-state index < -0.39 is 29.1 Å². The smallest absolute Gasteiger partial charge is 0.147 e. The minimum absolute atomic E-state index is 0.366. The van der Waals surface area contributed by atoms with E-state index in [-0.39, 0.29) is 0 Å². The Hall–Kier alpha value is -7.57. The van der Waals surface area contributed by atoms with Gasteiger partial charge in [0.1, 0.15) is 29.1 Å². The van der Waals surface area contributed by atoms with Gasteiger partial charge in [-0.2, -0.15) is 0 Å². The Balaban J connectivity index is 1.22. The zero-order valence-corrected chi connectivity index (χ0v) is 31.8. The van der Waals surface area contributed by atoms with E-state index in [9.17, 15) is 0 Å². The number of para-hydroxylation sites is 1. The van der Waals surface area contributed by atoms with Crippen LogP contribution in [0.25, 0.3) is 94.3 Å². The highest BCUT2D eigenvalue weighted by molar-refractivity contribution is 6.12. The fraction of sp³-hybridized carbons (Fsp3) is 0. The van der Waals surface area contributed by atoms with Gasteiger partial charge in [-0.05, 0) is 142 Å². The van der Waals surface area contributed by atoms with E-state index in [1.165, 1.54) is 30.3 Å². The molecule has 6 heteroatoms. The minimum atomic E-state index is -0.401. The highest BCUT2D eigenvalue weighted by Gasteiger charge is 2.19. The van der Waals surface area contributed by atoms with Gasteiger partial charge in [-0.25, -0.2) is 22.0 Å². The minimum Gasteiger partial charge on any atom is -0.306 e. The van der Waals surface area contributed by atoms with Crippen molar-refractivity contribution in [1.29, 1.82) is 0 Å². The molecule has 0 bridgehead atoms. The SMILES string of the molecule is Fc1ccccc1-c1cc(-c2ccc3c(c2)c2cc(-c4cc(-c5ccccc5F)cc(-c5ccccc5F)c4)ccc2n3-c2ccccc2F)cc(-c2ccccc2F)c1. The number of fused-ring (bicyclic) bond motifs is 3. The van der Waals surface area contributed by atoms with Crippen LogP contribution in [0.1, 0.15) is 0 Å². The summed E-state index contributed by atoms with van der Waals surface area (Å²) in [7, 11) is 0. The molecule has 0 aliphatic rings. The van der Waals surface area contributed by atoms with Gasteiger partial charge in [-0.3, -0.25) is 0 Å². The molecule has 9 aromatic carbocycles. The Kier molecular flexibility index (Phi) is 9.18. The third-order valence-corrected chi connectivity index (χ3v) is 11.1. The summed E-state index contributed by atoms with van der Waals surface area (Å²) in [6.07, 6.45) is 0. The number of rotatable bonds is 7. The predicted octanol–water partition coefficient (Wildman–Crippen LogP) is 15.5. The molecule has 1 heterocycles. The Labute approximate surface area is 342 Å². The summed E-state index contributed by atoms with van der Waals surface area (Å²) in [5.74, 6) is -2.00. The Morgan fingerprint density at radius 3 is 0.883 bits per heavy atom. The van der Waals surface area contributed by atoms with Crippen LogP contribution in [-0.2, 0) is 0 Å². The summed E-state index contributed by atoms with van der Waals surface area (Å²) in [6, 6.07) is 55.5. The maximum atomic E-state index is 15.7. The van der Waals surface area contributed by atoms with Crippen LogP contribution in [-0.4, -0.2) is 4.57 Å². The monoisotopic (exact) mass is 789 g/mol. The molecule has 0 atom stereocenters. The van der Waals surface area contributed by atoms with Gasteiger partial charge in [0, 0.05) is 33.0 Å². The number of halogens is 5. The third kappa shape index (κ3) is 6.52. The lowest BCUT2D eigenvalue weighted by molar-refractivity contribution is 0.621. The van der Waals surface area contributed by atoms with Crippen molar-refractivity contribution in [2.75, 3.05) is 0 Å². The summed E-state index contributed by atoms with van der Waals surface area (Å²) in [6.45, 7) is 0. The first kappa shape index (κ1) is 36.7. The van der Waals surface area contributed by atoms with Gasteiger partial charge < -0.3 is 4.57 Å². The van der Waals surface area contributed by atoms with Gasteiger partial charge in [0.2, 0.25) is 0 Å². The Morgan fingerprint density at radius 1 is 0.250 bits per heavy atom. The standard InChI is InChI=1S/C54H32F5N/c55-47-15-5-1-11-41(47)37-25-35(26-38(29-37)42-12-2-6-16-48(42)56)33-21-23-52-45(31-33)46-32-34(22-24-53(46)60(52)54-20-10-9-19-51(54)59)36-27-39(43-13-3-7-17-49(43)57)30-40(28-36)44-14-4-8-18-50(44)58/h1-32H. The van der Waals surface area contributed by atoms with Gasteiger partial charge in [-0.1, -0.05) is 97.1 Å². The van der Waals surface area contributed by atoms with E-state index in [0.717, 1.165) is 44.1 Å². The van der Waals surface area contributed by atoms with Gasteiger partial charge in [-0.15, -0.1) is 0 Å². The van der Waals surface area contributed by atoms with E-state index in [2.05, 4.69) is 0 Å². The normalized spacial score (nSPS) is 11.4. The summed E-state index contributed by atoms with van der Waals surface area (Å²) in [5, 5.41) is 1.60. The van der Waals surface area contributed by atoms with E-state index >= 15 is 22.0 Å². The highest BCUT2D eigenvalue weighted by atomic mass is 19.1. The van der Waals surface area contributed by atoms with E-state index in [1.807, 2.05) is 65.2 Å². The lowest BCUT2D eigenvalue weighted by Crippen LogP contribution is -1.97. The molecular weight excluding hydrogens is 758 g/mol. The number of nitrogens with zero attached hydrogens (tertiary/aromatic N) is 1. The van der Waals surface area contributed by atoms with E-state index in [4.69, 9.17) is 0 Å². The van der Waals surface area contributed by atoms with E-state index in [0.29, 0.717) is 50.2 Å². The topological polar surface area (TPSA) is 4.93 Å². The molecule has 288 valence electrons. The molecule has 10 aromatic rings. The van der Waals surface area contributed by atoms with Crippen LogP contribution >= 0.6 is 0 Å². The zero-order valence-electron chi connectivity index (χ0n) is 31.8. The number of aromatic nitrogens is 1. The predicted molar refractivity (Wildman–Crippen MR) is 233 cm³/mol. The summed E-state index contributed by atoms with van der Waals surface area (Å²) in [5.41, 5.74) is 8.71. The average Bonchev–Trinajstić information content (AvgIpc) is 3.59. The second kappa shape index (κ2) is 15.0. The third-order valence-electron chi connectivity index (χ3n) is 11.1. The average molecular weight is 790 g/mol. The van der Waals surface area contributed by atoms with Crippen LogP contribution < -0.4 is 0 Å². The first-order valence-electron chi connectivity index (χ1n) is 19.4. The van der Waals surface area contributed by atoms with Crippen LogP contribution in [0.5, 0.6) is 0 Å². The number of benzene rings is 9. The molecule has 0 spiro atoms. The molecule has 0 unspecified atom stereocenters. The molecule has 0 saturated heterocycles. The van der Waals surface area contributed by atoms with Crippen molar-refractivity contribution in [3.63, 3.8) is 0 Å². The van der Waals surface area contributed by atoms with Gasteiger partial charge in [0.25, 0.3) is 0 Å². The lowest BCUT2D eigenvalue weighted by atomic mass is 9.91. The zero-order chi connectivity index (χ0) is 40.9. The van der Waals surface area contributed by atoms with Crippen LogP contribution in [0.3, 0.4) is 0 Å². The van der Waals surface area contributed by atoms with Crippen LogP contribution in [0.4, 0.5) is 22.0 Å². The van der Waals surface area contributed by atoms with Gasteiger partial charge in [0.15, 0.2) is 0 Å². The molecule has 0 N–H and O–H groups in total. The maximum absolute atomic E-state index is 15.7. The van der Waals surface area contributed by atoms with Crippen molar-refractivity contribution >= 4 is 21.8 Å².